The predicted octanol–water partition coefficient (Wildman–Crippen LogP) is 2.31. The van der Waals surface area contributed by atoms with E-state index in [9.17, 15) is 14.3 Å². The number of benzene rings is 1. The molecule has 0 aliphatic carbocycles. The number of hydrogen-bond acceptors (Lipinski definition) is 6. The molecule has 1 fully saturated rings. The molecule has 3 rings (SSSR count). The van der Waals surface area contributed by atoms with Crippen molar-refractivity contribution in [2.45, 2.75) is 17.2 Å². The maximum absolute atomic E-state index is 12.4. The van der Waals surface area contributed by atoms with E-state index < -0.39 is 15.7 Å². The molecule has 0 spiro atoms. The summed E-state index contributed by atoms with van der Waals surface area (Å²) in [6, 6.07) is 4.58. The van der Waals surface area contributed by atoms with Crippen molar-refractivity contribution in [1.29, 1.82) is 0 Å². The molecule has 21 heavy (non-hydrogen) atoms. The fourth-order valence-electron chi connectivity index (χ4n) is 2.44. The van der Waals surface area contributed by atoms with Gasteiger partial charge in [0, 0.05) is 17.9 Å². The number of nitro groups is 1. The summed E-state index contributed by atoms with van der Waals surface area (Å²) in [5.74, 6) is 1.09. The number of fused-ring (bicyclic) bond motifs is 1. The maximum atomic E-state index is 12.4. The van der Waals surface area contributed by atoms with Crippen molar-refractivity contribution in [3.05, 3.63) is 28.3 Å². The summed E-state index contributed by atoms with van der Waals surface area (Å²) in [5, 5.41) is 14.1. The Morgan fingerprint density at radius 3 is 2.90 bits per heavy atom. The van der Waals surface area contributed by atoms with Crippen molar-refractivity contribution in [2.75, 3.05) is 18.8 Å². The lowest BCUT2D eigenvalue weighted by Crippen LogP contribution is -2.30. The molecule has 1 aromatic heterocycles. The van der Waals surface area contributed by atoms with Crippen molar-refractivity contribution in [2.24, 2.45) is 5.92 Å². The van der Waals surface area contributed by atoms with Gasteiger partial charge in [0.1, 0.15) is 0 Å². The van der Waals surface area contributed by atoms with E-state index in [4.69, 9.17) is 0 Å². The molecule has 0 bridgehead atoms. The highest BCUT2D eigenvalue weighted by Gasteiger charge is 2.20. The van der Waals surface area contributed by atoms with Crippen LogP contribution in [0.15, 0.2) is 22.5 Å². The van der Waals surface area contributed by atoms with Gasteiger partial charge in [0.05, 0.1) is 25.9 Å². The Balaban J connectivity index is 1.79. The van der Waals surface area contributed by atoms with Gasteiger partial charge in [-0.15, -0.1) is 11.3 Å². The molecule has 1 atom stereocenters. The highest BCUT2D eigenvalue weighted by atomic mass is 32.2. The second kappa shape index (κ2) is 6.17. The van der Waals surface area contributed by atoms with E-state index in [0.29, 0.717) is 21.5 Å². The van der Waals surface area contributed by atoms with E-state index in [0.717, 1.165) is 30.6 Å². The Morgan fingerprint density at radius 1 is 1.43 bits per heavy atom. The number of nitrogens with zero attached hydrogens (tertiary/aromatic N) is 2. The molecule has 2 aromatic rings. The van der Waals surface area contributed by atoms with Crippen molar-refractivity contribution in [3.8, 4) is 0 Å². The first kappa shape index (κ1) is 14.6. The lowest BCUT2D eigenvalue weighted by molar-refractivity contribution is -0.384. The van der Waals surface area contributed by atoms with E-state index in [1.807, 2.05) is 0 Å². The van der Waals surface area contributed by atoms with Crippen LogP contribution in [0.4, 0.5) is 5.69 Å². The molecular formula is C13H15N3O3S2. The number of non-ortho nitro benzene ring substituents is 1. The quantitative estimate of drug-likeness (QED) is 0.689. The van der Waals surface area contributed by atoms with Crippen molar-refractivity contribution < 1.29 is 9.13 Å². The predicted molar refractivity (Wildman–Crippen MR) is 83.1 cm³/mol. The van der Waals surface area contributed by atoms with Crippen LogP contribution >= 0.6 is 11.3 Å². The molecule has 1 unspecified atom stereocenters. The van der Waals surface area contributed by atoms with Gasteiger partial charge in [-0.3, -0.25) is 14.3 Å². The summed E-state index contributed by atoms with van der Waals surface area (Å²) in [4.78, 5) is 14.6. The van der Waals surface area contributed by atoms with Gasteiger partial charge < -0.3 is 5.32 Å². The summed E-state index contributed by atoms with van der Waals surface area (Å²) >= 11 is 1.36. The van der Waals surface area contributed by atoms with Crippen molar-refractivity contribution >= 4 is 38.0 Å². The van der Waals surface area contributed by atoms with Crippen molar-refractivity contribution in [3.63, 3.8) is 0 Å². The minimum Gasteiger partial charge on any atom is -0.317 e. The van der Waals surface area contributed by atoms with E-state index in [-0.39, 0.29) is 5.69 Å². The molecule has 8 heteroatoms. The van der Waals surface area contributed by atoms with Crippen LogP contribution in [0.2, 0.25) is 0 Å². The summed E-state index contributed by atoms with van der Waals surface area (Å²) in [7, 11) is -1.12. The molecule has 6 nitrogen and oxygen atoms in total. The molecule has 0 radical (unpaired) electrons. The smallest absolute Gasteiger partial charge is 0.271 e. The molecule has 1 aromatic carbocycles. The van der Waals surface area contributed by atoms with Crippen LogP contribution in [0, 0.1) is 16.0 Å². The molecule has 112 valence electrons. The molecule has 2 heterocycles. The van der Waals surface area contributed by atoms with Crippen LogP contribution < -0.4 is 5.32 Å². The normalized spacial score (nSPS) is 17.9. The van der Waals surface area contributed by atoms with Crippen LogP contribution in [0.5, 0.6) is 0 Å². The van der Waals surface area contributed by atoms with E-state index in [2.05, 4.69) is 10.3 Å². The number of hydrogen-bond donors (Lipinski definition) is 1. The summed E-state index contributed by atoms with van der Waals surface area (Å²) in [6.07, 6.45) is 2.09. The van der Waals surface area contributed by atoms with Crippen LogP contribution in [-0.4, -0.2) is 33.0 Å². The molecule has 0 amide bonds. The van der Waals surface area contributed by atoms with Crippen LogP contribution in [0.25, 0.3) is 10.2 Å². The summed E-state index contributed by atoms with van der Waals surface area (Å²) in [5.41, 5.74) is 0.575. The molecule has 0 saturated carbocycles. The third-order valence-electron chi connectivity index (χ3n) is 3.60. The minimum atomic E-state index is -1.12. The number of rotatable bonds is 4. The van der Waals surface area contributed by atoms with Gasteiger partial charge in [0.2, 0.25) is 0 Å². The highest BCUT2D eigenvalue weighted by Crippen LogP contribution is 2.28. The van der Waals surface area contributed by atoms with E-state index in [1.54, 1.807) is 6.07 Å². The first-order valence-electron chi connectivity index (χ1n) is 6.77. The van der Waals surface area contributed by atoms with Crippen LogP contribution in [0.1, 0.15) is 12.8 Å². The van der Waals surface area contributed by atoms with Gasteiger partial charge in [-0.2, -0.15) is 0 Å². The van der Waals surface area contributed by atoms with Gasteiger partial charge in [-0.05, 0) is 37.9 Å². The number of piperidine rings is 1. The summed E-state index contributed by atoms with van der Waals surface area (Å²) < 4.78 is 13.8. The Kier molecular flexibility index (Phi) is 4.27. The summed E-state index contributed by atoms with van der Waals surface area (Å²) in [6.45, 7) is 1.96. The Bertz CT molecular complexity index is 695. The second-order valence-electron chi connectivity index (χ2n) is 5.09. The third kappa shape index (κ3) is 3.28. The van der Waals surface area contributed by atoms with Gasteiger partial charge in [0.25, 0.3) is 5.69 Å². The number of aromatic nitrogens is 1. The van der Waals surface area contributed by atoms with Gasteiger partial charge >= 0.3 is 0 Å². The van der Waals surface area contributed by atoms with Crippen LogP contribution in [0.3, 0.4) is 0 Å². The molecule has 1 saturated heterocycles. The monoisotopic (exact) mass is 325 g/mol. The molecular weight excluding hydrogens is 310 g/mol. The minimum absolute atomic E-state index is 0.0171. The van der Waals surface area contributed by atoms with E-state index >= 15 is 0 Å². The molecule has 1 aliphatic heterocycles. The topological polar surface area (TPSA) is 85.1 Å². The third-order valence-corrected chi connectivity index (χ3v) is 6.50. The fourth-order valence-corrected chi connectivity index (χ4v) is 5.07. The van der Waals surface area contributed by atoms with Crippen LogP contribution in [-0.2, 0) is 10.8 Å². The number of nitro benzene ring substituents is 1. The SMILES string of the molecule is O=[N+]([O-])c1ccc2sc(S(=O)CC3CCNCC3)nc2c1. The second-order valence-corrected chi connectivity index (χ2v) is 7.79. The Hall–Kier alpha value is -1.38. The maximum Gasteiger partial charge on any atom is 0.271 e. The Labute approximate surface area is 128 Å². The number of nitrogens with one attached hydrogen (secondary N) is 1. The largest absolute Gasteiger partial charge is 0.317 e. The zero-order valence-electron chi connectivity index (χ0n) is 11.3. The highest BCUT2D eigenvalue weighted by molar-refractivity contribution is 7.87. The number of thiazole rings is 1. The van der Waals surface area contributed by atoms with Gasteiger partial charge in [-0.25, -0.2) is 4.98 Å². The Morgan fingerprint density at radius 2 is 2.19 bits per heavy atom. The van der Waals surface area contributed by atoms with E-state index in [1.165, 1.54) is 23.5 Å². The zero-order valence-corrected chi connectivity index (χ0v) is 12.9. The van der Waals surface area contributed by atoms with Crippen molar-refractivity contribution in [1.82, 2.24) is 10.3 Å². The average molecular weight is 325 g/mol. The standard InChI is InChI=1S/C13H15N3O3S2/c17-16(18)10-1-2-12-11(7-10)15-13(20-12)21(19)8-9-3-5-14-6-4-9/h1-2,7,9,14H,3-6,8H2. The lowest BCUT2D eigenvalue weighted by atomic mass is 10.0. The lowest BCUT2D eigenvalue weighted by Gasteiger charge is -2.21. The zero-order chi connectivity index (χ0) is 14.8. The average Bonchev–Trinajstić information content (AvgIpc) is 2.91. The first-order valence-corrected chi connectivity index (χ1v) is 8.91. The van der Waals surface area contributed by atoms with Gasteiger partial charge in [0.15, 0.2) is 4.34 Å². The first-order chi connectivity index (χ1) is 10.1. The fraction of sp³-hybridized carbons (Fsp3) is 0.462. The molecule has 1 aliphatic rings. The van der Waals surface area contributed by atoms with Gasteiger partial charge in [-0.1, -0.05) is 0 Å². The molecule has 1 N–H and O–H groups in total.